The van der Waals surface area contributed by atoms with Gasteiger partial charge in [0.25, 0.3) is 23.5 Å². The third-order valence-corrected chi connectivity index (χ3v) is 6.61. The molecule has 0 unspecified atom stereocenters. The number of carbonyl (C=O) groups is 3. The molecule has 11 nitrogen and oxygen atoms in total. The molecular weight excluding hydrogens is 507 g/mol. The molecule has 0 aliphatic carbocycles. The van der Waals surface area contributed by atoms with Crippen LogP contribution in [0.4, 0.5) is 4.39 Å². The van der Waals surface area contributed by atoms with Gasteiger partial charge in [0.2, 0.25) is 5.82 Å². The number of benzene rings is 2. The number of fused-ring (bicyclic) bond motifs is 1. The second kappa shape index (κ2) is 9.63. The van der Waals surface area contributed by atoms with E-state index in [1.54, 1.807) is 42.2 Å². The molecule has 3 aromatic heterocycles. The standard InChI is InChI=1S/C27H21FN6O5/c1-15-13-20(31-38-15)24-30-25(39-32-24)17-7-8-19(28)21-18(14-29-22(17)21)23(35)27(37)34-11-9-33(10-12-34)26(36)16-5-3-2-4-6-16/h2-8,13-14,29H,9-12H2,1H3. The highest BCUT2D eigenvalue weighted by Gasteiger charge is 2.31. The number of amides is 2. The summed E-state index contributed by atoms with van der Waals surface area (Å²) in [7, 11) is 0. The number of halogens is 1. The van der Waals surface area contributed by atoms with Gasteiger partial charge in [0.05, 0.1) is 16.6 Å². The number of nitrogens with one attached hydrogen (secondary N) is 1. The minimum atomic E-state index is -0.857. The molecule has 1 fully saturated rings. The van der Waals surface area contributed by atoms with Gasteiger partial charge in [-0.25, -0.2) is 4.39 Å². The van der Waals surface area contributed by atoms with Gasteiger partial charge in [-0.1, -0.05) is 28.5 Å². The van der Waals surface area contributed by atoms with Crippen LogP contribution in [0.1, 0.15) is 26.5 Å². The molecular formula is C27H21FN6O5. The molecule has 196 valence electrons. The Bertz CT molecular complexity index is 1710. The van der Waals surface area contributed by atoms with E-state index in [1.807, 2.05) is 6.07 Å². The van der Waals surface area contributed by atoms with Gasteiger partial charge in [0.1, 0.15) is 11.6 Å². The van der Waals surface area contributed by atoms with Crippen LogP contribution in [0.2, 0.25) is 0 Å². The Morgan fingerprint density at radius 2 is 1.69 bits per heavy atom. The molecule has 1 aliphatic rings. The first-order valence-electron chi connectivity index (χ1n) is 12.2. The SMILES string of the molecule is Cc1cc(-c2noc(-c3ccc(F)c4c(C(=O)C(=O)N5CCN(C(=O)c6ccccc6)CC5)c[nH]c34)n2)no1. The van der Waals surface area contributed by atoms with Gasteiger partial charge in [-0.15, -0.1) is 0 Å². The van der Waals surface area contributed by atoms with E-state index in [9.17, 15) is 18.8 Å². The fraction of sp³-hybridized carbons (Fsp3) is 0.185. The Morgan fingerprint density at radius 3 is 2.41 bits per heavy atom. The predicted molar refractivity (Wildman–Crippen MR) is 135 cm³/mol. The van der Waals surface area contributed by atoms with Crippen molar-refractivity contribution in [3.8, 4) is 23.0 Å². The number of ketones is 1. The fourth-order valence-corrected chi connectivity index (χ4v) is 4.61. The first-order valence-corrected chi connectivity index (χ1v) is 12.2. The van der Waals surface area contributed by atoms with Crippen LogP contribution in [0.5, 0.6) is 0 Å². The van der Waals surface area contributed by atoms with E-state index in [2.05, 4.69) is 20.3 Å². The molecule has 6 rings (SSSR count). The third kappa shape index (κ3) is 4.35. The average Bonchev–Trinajstić information content (AvgIpc) is 3.73. The number of piperazine rings is 1. The lowest BCUT2D eigenvalue weighted by atomic mass is 10.0. The molecule has 12 heteroatoms. The molecule has 2 amide bonds. The van der Waals surface area contributed by atoms with Crippen molar-refractivity contribution in [1.82, 2.24) is 30.1 Å². The van der Waals surface area contributed by atoms with Crippen LogP contribution in [-0.4, -0.2) is 73.9 Å². The van der Waals surface area contributed by atoms with E-state index in [-0.39, 0.29) is 60.3 Å². The summed E-state index contributed by atoms with van der Waals surface area (Å²) < 4.78 is 25.4. The van der Waals surface area contributed by atoms with Crippen molar-refractivity contribution in [2.75, 3.05) is 26.2 Å². The molecule has 1 N–H and O–H groups in total. The molecule has 0 saturated carbocycles. The monoisotopic (exact) mass is 528 g/mol. The van der Waals surface area contributed by atoms with Crippen molar-refractivity contribution < 1.29 is 27.8 Å². The maximum atomic E-state index is 15.0. The number of aryl methyl sites for hydroxylation is 1. The highest BCUT2D eigenvalue weighted by atomic mass is 19.1. The zero-order valence-electron chi connectivity index (χ0n) is 20.7. The van der Waals surface area contributed by atoms with E-state index in [0.717, 1.165) is 0 Å². The van der Waals surface area contributed by atoms with Crippen LogP contribution >= 0.6 is 0 Å². The topological polar surface area (TPSA) is 138 Å². The Labute approximate surface area is 220 Å². The molecule has 1 aliphatic heterocycles. The smallest absolute Gasteiger partial charge is 0.295 e. The fourth-order valence-electron chi connectivity index (χ4n) is 4.61. The number of H-pyrrole nitrogens is 1. The Hall–Kier alpha value is -5.13. The first-order chi connectivity index (χ1) is 18.9. The Morgan fingerprint density at radius 1 is 0.949 bits per heavy atom. The number of nitrogens with zero attached hydrogens (tertiary/aromatic N) is 5. The Kier molecular flexibility index (Phi) is 5.98. The molecule has 39 heavy (non-hydrogen) atoms. The highest BCUT2D eigenvalue weighted by Crippen LogP contribution is 2.32. The van der Waals surface area contributed by atoms with Gasteiger partial charge >= 0.3 is 0 Å². The van der Waals surface area contributed by atoms with E-state index >= 15 is 0 Å². The summed E-state index contributed by atoms with van der Waals surface area (Å²) >= 11 is 0. The zero-order chi connectivity index (χ0) is 27.1. The number of hydrogen-bond donors (Lipinski definition) is 1. The summed E-state index contributed by atoms with van der Waals surface area (Å²) in [6.07, 6.45) is 1.30. The van der Waals surface area contributed by atoms with Crippen LogP contribution in [0.15, 0.2) is 63.8 Å². The number of carbonyl (C=O) groups excluding carboxylic acids is 3. The second-order valence-electron chi connectivity index (χ2n) is 9.07. The molecule has 0 atom stereocenters. The quantitative estimate of drug-likeness (QED) is 0.270. The van der Waals surface area contributed by atoms with Crippen molar-refractivity contribution in [1.29, 1.82) is 0 Å². The largest absolute Gasteiger partial charge is 0.361 e. The lowest BCUT2D eigenvalue weighted by Crippen LogP contribution is -2.52. The van der Waals surface area contributed by atoms with Gasteiger partial charge in [0, 0.05) is 49.4 Å². The molecule has 5 aromatic rings. The highest BCUT2D eigenvalue weighted by molar-refractivity contribution is 6.45. The Balaban J connectivity index is 1.22. The minimum absolute atomic E-state index is 0.0548. The van der Waals surface area contributed by atoms with Gasteiger partial charge in [-0.2, -0.15) is 4.98 Å². The number of aromatic amines is 1. The van der Waals surface area contributed by atoms with Crippen molar-refractivity contribution >= 4 is 28.5 Å². The van der Waals surface area contributed by atoms with Gasteiger partial charge in [0.15, 0.2) is 5.69 Å². The van der Waals surface area contributed by atoms with Gasteiger partial charge in [-0.3, -0.25) is 14.4 Å². The predicted octanol–water partition coefficient (Wildman–Crippen LogP) is 3.49. The zero-order valence-corrected chi connectivity index (χ0v) is 20.7. The summed E-state index contributed by atoms with van der Waals surface area (Å²) in [5, 5.41) is 7.70. The van der Waals surface area contributed by atoms with Gasteiger partial charge < -0.3 is 23.8 Å². The van der Waals surface area contributed by atoms with Crippen LogP contribution in [-0.2, 0) is 4.79 Å². The lowest BCUT2D eigenvalue weighted by molar-refractivity contribution is -0.127. The van der Waals surface area contributed by atoms with Crippen molar-refractivity contribution in [3.63, 3.8) is 0 Å². The van der Waals surface area contributed by atoms with Crippen molar-refractivity contribution in [2.24, 2.45) is 0 Å². The molecule has 0 radical (unpaired) electrons. The van der Waals surface area contributed by atoms with Crippen LogP contribution < -0.4 is 0 Å². The third-order valence-electron chi connectivity index (χ3n) is 6.61. The minimum Gasteiger partial charge on any atom is -0.361 e. The van der Waals surface area contributed by atoms with Crippen LogP contribution in [0, 0.1) is 12.7 Å². The normalized spacial score (nSPS) is 13.7. The first kappa shape index (κ1) is 24.2. The molecule has 4 heterocycles. The number of rotatable bonds is 5. The number of hydrogen-bond acceptors (Lipinski definition) is 8. The van der Waals surface area contributed by atoms with Crippen LogP contribution in [0.25, 0.3) is 33.9 Å². The lowest BCUT2D eigenvalue weighted by Gasteiger charge is -2.34. The summed E-state index contributed by atoms with van der Waals surface area (Å²) in [5.41, 5.74) is 1.41. The average molecular weight is 529 g/mol. The molecule has 2 aromatic carbocycles. The number of aromatic nitrogens is 4. The van der Waals surface area contributed by atoms with E-state index < -0.39 is 17.5 Å². The van der Waals surface area contributed by atoms with Crippen molar-refractivity contribution in [2.45, 2.75) is 6.92 Å². The maximum absolute atomic E-state index is 15.0. The molecule has 0 bridgehead atoms. The second-order valence-corrected chi connectivity index (χ2v) is 9.07. The molecule has 1 saturated heterocycles. The summed E-state index contributed by atoms with van der Waals surface area (Å²) in [6, 6.07) is 13.1. The van der Waals surface area contributed by atoms with Crippen LogP contribution in [0.3, 0.4) is 0 Å². The summed E-state index contributed by atoms with van der Waals surface area (Å²) in [6.45, 7) is 2.66. The maximum Gasteiger partial charge on any atom is 0.295 e. The number of Topliss-reactive ketones (excluding diaryl/α,β-unsaturated/α-hetero) is 1. The van der Waals surface area contributed by atoms with Crippen molar-refractivity contribution in [3.05, 3.63) is 77.4 Å². The van der Waals surface area contributed by atoms with E-state index in [0.29, 0.717) is 22.6 Å². The van der Waals surface area contributed by atoms with E-state index in [4.69, 9.17) is 9.05 Å². The van der Waals surface area contributed by atoms with E-state index in [1.165, 1.54) is 23.2 Å². The van der Waals surface area contributed by atoms with Gasteiger partial charge in [-0.05, 0) is 31.2 Å². The summed E-state index contributed by atoms with van der Waals surface area (Å²) in [5.74, 6) is -1.62. The molecule has 0 spiro atoms. The summed E-state index contributed by atoms with van der Waals surface area (Å²) in [4.78, 5) is 49.2.